The predicted molar refractivity (Wildman–Crippen MR) is 96.8 cm³/mol. The van der Waals surface area contributed by atoms with Gasteiger partial charge in [-0.15, -0.1) is 0 Å². The molecule has 1 aliphatic carbocycles. The van der Waals surface area contributed by atoms with Crippen LogP contribution in [-0.2, 0) is 11.3 Å². The summed E-state index contributed by atoms with van der Waals surface area (Å²) in [6.07, 6.45) is 0.767. The van der Waals surface area contributed by atoms with E-state index in [1.165, 1.54) is 5.56 Å². The van der Waals surface area contributed by atoms with E-state index < -0.39 is 6.10 Å². The minimum Gasteiger partial charge on any atom is -0.488 e. The first kappa shape index (κ1) is 18.4. The number of aromatic nitrogens is 3. The highest BCUT2D eigenvalue weighted by molar-refractivity contribution is 5.75. The molecule has 1 aromatic carbocycles. The maximum absolute atomic E-state index is 12.1. The van der Waals surface area contributed by atoms with E-state index in [0.29, 0.717) is 18.2 Å². The predicted octanol–water partition coefficient (Wildman–Crippen LogP) is 1.54. The minimum atomic E-state index is -0.591. The number of aryl methyl sites for hydroxylation is 3. The van der Waals surface area contributed by atoms with Crippen molar-refractivity contribution in [1.82, 2.24) is 20.1 Å². The number of nitrogens with zero attached hydrogens (tertiary/aromatic N) is 3. The molecule has 1 aromatic heterocycles. The molecule has 7 nitrogen and oxygen atoms in total. The van der Waals surface area contributed by atoms with Crippen LogP contribution >= 0.6 is 0 Å². The molecule has 1 saturated carbocycles. The fourth-order valence-corrected chi connectivity index (χ4v) is 3.31. The van der Waals surface area contributed by atoms with Gasteiger partial charge in [0.15, 0.2) is 0 Å². The Morgan fingerprint density at radius 3 is 2.65 bits per heavy atom. The fourth-order valence-electron chi connectivity index (χ4n) is 3.31. The number of aliphatic hydroxyl groups excluding tert-OH is 1. The van der Waals surface area contributed by atoms with Gasteiger partial charge in [-0.3, -0.25) is 4.79 Å². The van der Waals surface area contributed by atoms with E-state index in [0.717, 1.165) is 18.6 Å². The molecule has 0 unspecified atom stereocenters. The zero-order valence-corrected chi connectivity index (χ0v) is 15.5. The normalized spacial score (nSPS) is 22.4. The first-order valence-electron chi connectivity index (χ1n) is 8.98. The van der Waals surface area contributed by atoms with E-state index in [1.54, 1.807) is 11.6 Å². The molecule has 1 heterocycles. The van der Waals surface area contributed by atoms with Crippen LogP contribution in [0.1, 0.15) is 30.1 Å². The van der Waals surface area contributed by atoms with Gasteiger partial charge in [0.2, 0.25) is 5.91 Å². The van der Waals surface area contributed by atoms with E-state index in [9.17, 15) is 9.90 Å². The Morgan fingerprint density at radius 2 is 2.00 bits per heavy atom. The third-order valence-corrected chi connectivity index (χ3v) is 4.81. The Labute approximate surface area is 153 Å². The summed E-state index contributed by atoms with van der Waals surface area (Å²) in [6.45, 7) is 6.21. The number of benzene rings is 1. The van der Waals surface area contributed by atoms with Gasteiger partial charge in [-0.05, 0) is 45.7 Å². The summed E-state index contributed by atoms with van der Waals surface area (Å²) < 4.78 is 7.49. The van der Waals surface area contributed by atoms with Crippen molar-refractivity contribution < 1.29 is 14.6 Å². The lowest BCUT2D eigenvalue weighted by molar-refractivity contribution is -0.122. The summed E-state index contributed by atoms with van der Waals surface area (Å²) in [6, 6.07) is 7.81. The number of carbonyl (C=O) groups is 1. The molecule has 0 bridgehead atoms. The second kappa shape index (κ2) is 7.86. The van der Waals surface area contributed by atoms with E-state index in [1.807, 2.05) is 38.1 Å². The van der Waals surface area contributed by atoms with Crippen molar-refractivity contribution >= 4 is 5.91 Å². The summed E-state index contributed by atoms with van der Waals surface area (Å²) in [4.78, 5) is 16.3. The molecule has 2 aromatic rings. The Balaban J connectivity index is 1.47. The molecule has 1 fully saturated rings. The van der Waals surface area contributed by atoms with Gasteiger partial charge in [0, 0.05) is 12.5 Å². The van der Waals surface area contributed by atoms with Gasteiger partial charge >= 0.3 is 0 Å². The van der Waals surface area contributed by atoms with Crippen LogP contribution < -0.4 is 10.1 Å². The minimum absolute atomic E-state index is 0.00650. The van der Waals surface area contributed by atoms with Crippen molar-refractivity contribution in [2.24, 2.45) is 5.92 Å². The molecule has 0 saturated heterocycles. The lowest BCUT2D eigenvalue weighted by Crippen LogP contribution is -2.38. The van der Waals surface area contributed by atoms with Crippen LogP contribution in [0.2, 0.25) is 0 Å². The van der Waals surface area contributed by atoms with Gasteiger partial charge in [-0.25, -0.2) is 9.67 Å². The maximum Gasteiger partial charge on any atom is 0.241 e. The molecule has 2 N–H and O–H groups in total. The SMILES string of the molecule is Cc1ccc(O[C@@H]2CC[C@H](CNC(=O)Cn3nc(C)nc3C)[C@H]2O)cc1. The number of aliphatic hydroxyl groups is 1. The quantitative estimate of drug-likeness (QED) is 0.818. The molecule has 7 heteroatoms. The van der Waals surface area contributed by atoms with Crippen molar-refractivity contribution in [2.45, 2.75) is 52.4 Å². The van der Waals surface area contributed by atoms with E-state index in [2.05, 4.69) is 15.4 Å². The molecule has 26 heavy (non-hydrogen) atoms. The molecular weight excluding hydrogens is 332 g/mol. The smallest absolute Gasteiger partial charge is 0.241 e. The monoisotopic (exact) mass is 358 g/mol. The van der Waals surface area contributed by atoms with Crippen molar-refractivity contribution in [3.63, 3.8) is 0 Å². The number of rotatable bonds is 6. The zero-order chi connectivity index (χ0) is 18.7. The number of amides is 1. The Hall–Kier alpha value is -2.41. The van der Waals surface area contributed by atoms with Crippen molar-refractivity contribution in [2.75, 3.05) is 6.54 Å². The maximum atomic E-state index is 12.1. The van der Waals surface area contributed by atoms with Crippen molar-refractivity contribution in [3.8, 4) is 5.75 Å². The first-order valence-corrected chi connectivity index (χ1v) is 8.98. The number of carbonyl (C=O) groups excluding carboxylic acids is 1. The van der Waals surface area contributed by atoms with E-state index >= 15 is 0 Å². The number of nitrogens with one attached hydrogen (secondary N) is 1. The standard InChI is InChI=1S/C19H26N4O3/c1-12-4-7-16(8-5-12)26-17-9-6-15(19(17)25)10-20-18(24)11-23-14(3)21-13(2)22-23/h4-5,7-8,15,17,19,25H,6,9-11H2,1-3H3,(H,20,24)/t15-,17-,19-/m1/s1. The van der Waals surface area contributed by atoms with Gasteiger partial charge in [0.25, 0.3) is 0 Å². The fraction of sp³-hybridized carbons (Fsp3) is 0.526. The van der Waals surface area contributed by atoms with Gasteiger partial charge in [0.05, 0.1) is 6.10 Å². The second-order valence-electron chi connectivity index (χ2n) is 6.97. The highest BCUT2D eigenvalue weighted by Gasteiger charge is 2.36. The zero-order valence-electron chi connectivity index (χ0n) is 15.5. The second-order valence-corrected chi connectivity index (χ2v) is 6.97. The van der Waals surface area contributed by atoms with Gasteiger partial charge < -0.3 is 15.2 Å². The van der Waals surface area contributed by atoms with Crippen LogP contribution in [0.3, 0.4) is 0 Å². The highest BCUT2D eigenvalue weighted by atomic mass is 16.5. The van der Waals surface area contributed by atoms with Crippen molar-refractivity contribution in [1.29, 1.82) is 0 Å². The van der Waals surface area contributed by atoms with E-state index in [-0.39, 0.29) is 24.5 Å². The van der Waals surface area contributed by atoms with Crippen LogP contribution in [0.25, 0.3) is 0 Å². The Bertz CT molecular complexity index is 757. The number of hydrogen-bond donors (Lipinski definition) is 2. The summed E-state index contributed by atoms with van der Waals surface area (Å²) in [5.74, 6) is 1.99. The van der Waals surface area contributed by atoms with Gasteiger partial charge in [-0.1, -0.05) is 17.7 Å². The summed E-state index contributed by atoms with van der Waals surface area (Å²) in [5.41, 5.74) is 1.17. The van der Waals surface area contributed by atoms with E-state index in [4.69, 9.17) is 4.74 Å². The van der Waals surface area contributed by atoms with Gasteiger partial charge in [-0.2, -0.15) is 5.10 Å². The Morgan fingerprint density at radius 1 is 1.27 bits per heavy atom. The molecule has 0 aliphatic heterocycles. The van der Waals surface area contributed by atoms with Crippen LogP contribution in [-0.4, -0.2) is 44.5 Å². The summed E-state index contributed by atoms with van der Waals surface area (Å²) >= 11 is 0. The largest absolute Gasteiger partial charge is 0.488 e. The molecule has 3 atom stereocenters. The van der Waals surface area contributed by atoms with Crippen molar-refractivity contribution in [3.05, 3.63) is 41.5 Å². The van der Waals surface area contributed by atoms with Crippen LogP contribution in [0.4, 0.5) is 0 Å². The van der Waals surface area contributed by atoms with Crippen LogP contribution in [0.15, 0.2) is 24.3 Å². The number of ether oxygens (including phenoxy) is 1. The summed E-state index contributed by atoms with van der Waals surface area (Å²) in [7, 11) is 0. The molecular formula is C19H26N4O3. The van der Waals surface area contributed by atoms with Crippen LogP contribution in [0.5, 0.6) is 5.75 Å². The average Bonchev–Trinajstić information content (AvgIpc) is 3.10. The highest BCUT2D eigenvalue weighted by Crippen LogP contribution is 2.29. The average molecular weight is 358 g/mol. The third kappa shape index (κ3) is 4.40. The molecule has 1 amide bonds. The lowest BCUT2D eigenvalue weighted by Gasteiger charge is -2.21. The Kier molecular flexibility index (Phi) is 5.56. The molecule has 3 rings (SSSR count). The molecule has 0 spiro atoms. The lowest BCUT2D eigenvalue weighted by atomic mass is 10.1. The molecule has 0 radical (unpaired) electrons. The molecule has 140 valence electrons. The van der Waals surface area contributed by atoms with Gasteiger partial charge in [0.1, 0.15) is 30.0 Å². The first-order chi connectivity index (χ1) is 12.4. The topological polar surface area (TPSA) is 89.3 Å². The summed E-state index contributed by atoms with van der Waals surface area (Å²) in [5, 5.41) is 17.6. The third-order valence-electron chi connectivity index (χ3n) is 4.81. The molecule has 1 aliphatic rings. The number of hydrogen-bond acceptors (Lipinski definition) is 5. The van der Waals surface area contributed by atoms with Crippen LogP contribution in [0, 0.1) is 26.7 Å².